The Balaban J connectivity index is 2.50. The van der Waals surface area contributed by atoms with Crippen molar-refractivity contribution in [1.82, 2.24) is 15.2 Å². The Morgan fingerprint density at radius 2 is 2.00 bits per heavy atom. The van der Waals surface area contributed by atoms with Gasteiger partial charge in [0.25, 0.3) is 0 Å². The van der Waals surface area contributed by atoms with Crippen molar-refractivity contribution < 1.29 is 14.6 Å². The third-order valence-electron chi connectivity index (χ3n) is 2.60. The topological polar surface area (TPSA) is 85.2 Å². The van der Waals surface area contributed by atoms with Crippen LogP contribution in [0.15, 0.2) is 12.1 Å². The van der Waals surface area contributed by atoms with Gasteiger partial charge in [0.15, 0.2) is 0 Å². The summed E-state index contributed by atoms with van der Waals surface area (Å²) >= 11 is 1.11. The molecule has 0 radical (unpaired) electrons. The van der Waals surface area contributed by atoms with Gasteiger partial charge in [0.05, 0.1) is 12.8 Å². The number of thiazole rings is 1. The molecule has 2 rings (SSSR count). The lowest BCUT2D eigenvalue weighted by atomic mass is 9.91. The van der Waals surface area contributed by atoms with E-state index in [9.17, 15) is 9.90 Å². The van der Waals surface area contributed by atoms with Crippen LogP contribution in [0.5, 0.6) is 5.88 Å². The smallest absolute Gasteiger partial charge is 0.347 e. The van der Waals surface area contributed by atoms with Gasteiger partial charge in [-0.15, -0.1) is 21.5 Å². The number of ether oxygens (including phenoxy) is 1. The molecule has 0 aliphatic rings. The molecule has 20 heavy (non-hydrogen) atoms. The summed E-state index contributed by atoms with van der Waals surface area (Å²) in [6.07, 6.45) is 0. The number of nitrogens with zero attached hydrogens (tertiary/aromatic N) is 3. The number of hydrogen-bond donors (Lipinski definition) is 1. The second-order valence-electron chi connectivity index (χ2n) is 5.21. The molecule has 0 bridgehead atoms. The fourth-order valence-corrected chi connectivity index (χ4v) is 2.71. The summed E-state index contributed by atoms with van der Waals surface area (Å²) in [6, 6.07) is 3.38. The number of carboxylic acid groups (broad SMARTS) is 1. The number of carboxylic acids is 1. The first-order chi connectivity index (χ1) is 9.32. The van der Waals surface area contributed by atoms with Crippen molar-refractivity contribution in [2.24, 2.45) is 0 Å². The van der Waals surface area contributed by atoms with Crippen LogP contribution in [-0.4, -0.2) is 33.4 Å². The second-order valence-corrected chi connectivity index (χ2v) is 6.21. The quantitative estimate of drug-likeness (QED) is 0.936. The van der Waals surface area contributed by atoms with Crippen molar-refractivity contribution in [2.75, 3.05) is 7.11 Å². The third kappa shape index (κ3) is 2.77. The maximum absolute atomic E-state index is 11.3. The van der Waals surface area contributed by atoms with Crippen LogP contribution in [-0.2, 0) is 5.41 Å². The Bertz CT molecular complexity index is 629. The minimum atomic E-state index is -0.972. The summed E-state index contributed by atoms with van der Waals surface area (Å²) < 4.78 is 4.94. The van der Waals surface area contributed by atoms with E-state index in [4.69, 9.17) is 4.74 Å². The molecule has 0 atom stereocenters. The zero-order valence-corrected chi connectivity index (χ0v) is 12.5. The summed E-state index contributed by atoms with van der Waals surface area (Å²) in [5, 5.41) is 17.7. The monoisotopic (exact) mass is 293 g/mol. The molecule has 2 aromatic heterocycles. The van der Waals surface area contributed by atoms with Crippen LogP contribution in [0, 0.1) is 0 Å². The number of hydrogen-bond acceptors (Lipinski definition) is 6. The van der Waals surface area contributed by atoms with Gasteiger partial charge < -0.3 is 9.84 Å². The van der Waals surface area contributed by atoms with Gasteiger partial charge in [-0.25, -0.2) is 9.78 Å². The fourth-order valence-electron chi connectivity index (χ4n) is 1.63. The van der Waals surface area contributed by atoms with Crippen LogP contribution in [0.1, 0.15) is 36.1 Å². The zero-order valence-electron chi connectivity index (χ0n) is 11.7. The number of carbonyl (C=O) groups is 1. The summed E-state index contributed by atoms with van der Waals surface area (Å²) in [5.41, 5.74) is 0.749. The molecule has 0 amide bonds. The first-order valence-electron chi connectivity index (χ1n) is 5.95. The van der Waals surface area contributed by atoms with Gasteiger partial charge in [-0.05, 0) is 6.07 Å². The lowest BCUT2D eigenvalue weighted by molar-refractivity contribution is 0.0699. The number of rotatable bonds is 3. The first kappa shape index (κ1) is 14.4. The van der Waals surface area contributed by atoms with E-state index in [1.807, 2.05) is 20.8 Å². The van der Waals surface area contributed by atoms with E-state index in [-0.39, 0.29) is 10.3 Å². The molecule has 0 fully saturated rings. The van der Waals surface area contributed by atoms with E-state index in [0.717, 1.165) is 11.3 Å². The highest BCUT2D eigenvalue weighted by Crippen LogP contribution is 2.33. The lowest BCUT2D eigenvalue weighted by Crippen LogP contribution is -2.16. The predicted molar refractivity (Wildman–Crippen MR) is 75.4 cm³/mol. The lowest BCUT2D eigenvalue weighted by Gasteiger charge is -2.15. The van der Waals surface area contributed by atoms with Crippen LogP contribution in [0.3, 0.4) is 0 Å². The molecule has 6 nitrogen and oxygen atoms in total. The van der Waals surface area contributed by atoms with Gasteiger partial charge in [0, 0.05) is 11.5 Å². The number of aromatic nitrogens is 3. The molecule has 1 N–H and O–H groups in total. The number of methoxy groups -OCH3 is 1. The third-order valence-corrected chi connectivity index (χ3v) is 3.67. The molecule has 0 aliphatic carbocycles. The molecule has 0 aliphatic heterocycles. The SMILES string of the molecule is COc1ccc(-c2nc(C(C)(C)C)c(C(=O)O)s2)nn1. The minimum Gasteiger partial charge on any atom is -0.480 e. The molecular formula is C13H15N3O3S. The average molecular weight is 293 g/mol. The zero-order chi connectivity index (χ0) is 14.9. The van der Waals surface area contributed by atoms with Crippen LogP contribution in [0.4, 0.5) is 0 Å². The summed E-state index contributed by atoms with van der Waals surface area (Å²) in [6.45, 7) is 5.79. The molecule has 2 heterocycles. The predicted octanol–water partition coefficient (Wildman–Crippen LogP) is 2.60. The van der Waals surface area contributed by atoms with Gasteiger partial charge in [-0.3, -0.25) is 0 Å². The van der Waals surface area contributed by atoms with Crippen LogP contribution in [0.25, 0.3) is 10.7 Å². The molecule has 7 heteroatoms. The van der Waals surface area contributed by atoms with Gasteiger partial charge >= 0.3 is 5.97 Å². The number of aromatic carboxylic acids is 1. The van der Waals surface area contributed by atoms with Gasteiger partial charge in [0.1, 0.15) is 15.6 Å². The normalized spacial score (nSPS) is 11.4. The Morgan fingerprint density at radius 1 is 1.30 bits per heavy atom. The molecule has 0 spiro atoms. The highest BCUT2D eigenvalue weighted by atomic mass is 32.1. The first-order valence-corrected chi connectivity index (χ1v) is 6.77. The standard InChI is InChI=1S/C13H15N3O3S/c1-13(2,3)10-9(12(17)18)20-11(14-10)7-5-6-8(19-4)16-15-7/h5-6H,1-4H3,(H,17,18). The molecule has 0 unspecified atom stereocenters. The fraction of sp³-hybridized carbons (Fsp3) is 0.385. The average Bonchev–Trinajstić information content (AvgIpc) is 2.84. The van der Waals surface area contributed by atoms with Crippen molar-refractivity contribution in [3.63, 3.8) is 0 Å². The minimum absolute atomic E-state index is 0.241. The van der Waals surface area contributed by atoms with Crippen molar-refractivity contribution >= 4 is 17.3 Å². The summed E-state index contributed by atoms with van der Waals surface area (Å²) in [7, 11) is 1.51. The Morgan fingerprint density at radius 3 is 2.40 bits per heavy atom. The molecule has 0 saturated carbocycles. The Hall–Kier alpha value is -2.02. The highest BCUT2D eigenvalue weighted by Gasteiger charge is 2.27. The van der Waals surface area contributed by atoms with Crippen LogP contribution in [0.2, 0.25) is 0 Å². The van der Waals surface area contributed by atoms with Crippen LogP contribution >= 0.6 is 11.3 Å². The van der Waals surface area contributed by atoms with E-state index in [1.54, 1.807) is 12.1 Å². The molecule has 0 saturated heterocycles. The molecular weight excluding hydrogens is 278 g/mol. The van der Waals surface area contributed by atoms with Crippen molar-refractivity contribution in [3.8, 4) is 16.6 Å². The second kappa shape index (κ2) is 5.16. The van der Waals surface area contributed by atoms with Gasteiger partial charge in [-0.2, -0.15) is 0 Å². The van der Waals surface area contributed by atoms with E-state index >= 15 is 0 Å². The van der Waals surface area contributed by atoms with Gasteiger partial charge in [-0.1, -0.05) is 20.8 Å². The highest BCUT2D eigenvalue weighted by molar-refractivity contribution is 7.17. The van der Waals surface area contributed by atoms with Gasteiger partial charge in [0.2, 0.25) is 5.88 Å². The maximum Gasteiger partial charge on any atom is 0.347 e. The van der Waals surface area contributed by atoms with E-state index in [2.05, 4.69) is 15.2 Å². The molecule has 106 valence electrons. The Kier molecular flexibility index (Phi) is 3.71. The molecule has 2 aromatic rings. The van der Waals surface area contributed by atoms with E-state index in [1.165, 1.54) is 7.11 Å². The largest absolute Gasteiger partial charge is 0.480 e. The van der Waals surface area contributed by atoms with Crippen molar-refractivity contribution in [2.45, 2.75) is 26.2 Å². The van der Waals surface area contributed by atoms with Crippen molar-refractivity contribution in [1.29, 1.82) is 0 Å². The van der Waals surface area contributed by atoms with E-state index in [0.29, 0.717) is 22.3 Å². The summed E-state index contributed by atoms with van der Waals surface area (Å²) in [4.78, 5) is 16.0. The summed E-state index contributed by atoms with van der Waals surface area (Å²) in [5.74, 6) is -0.569. The Labute approximate surface area is 120 Å². The molecule has 0 aromatic carbocycles. The van der Waals surface area contributed by atoms with Crippen molar-refractivity contribution in [3.05, 3.63) is 22.7 Å². The van der Waals surface area contributed by atoms with E-state index < -0.39 is 5.97 Å². The van der Waals surface area contributed by atoms with Crippen LogP contribution < -0.4 is 4.74 Å². The maximum atomic E-state index is 11.3.